The SMILES string of the molecule is C[C@@H](C(=O)O)N(C(=O)[C@@H](S)CCCN1C(=O)c2ccccc2C1=O)c1ccc2ccccc2c1. The summed E-state index contributed by atoms with van der Waals surface area (Å²) in [6.07, 6.45) is 0.629. The number of carbonyl (C=O) groups is 4. The van der Waals surface area contributed by atoms with Crippen LogP contribution in [0, 0.1) is 0 Å². The second kappa shape index (κ2) is 9.69. The van der Waals surface area contributed by atoms with Gasteiger partial charge < -0.3 is 5.11 Å². The van der Waals surface area contributed by atoms with E-state index in [9.17, 15) is 24.3 Å². The molecule has 1 heterocycles. The summed E-state index contributed by atoms with van der Waals surface area (Å²) in [7, 11) is 0. The van der Waals surface area contributed by atoms with Gasteiger partial charge in [0.25, 0.3) is 11.8 Å². The number of hydrogen-bond donors (Lipinski definition) is 2. The van der Waals surface area contributed by atoms with Crippen molar-refractivity contribution in [3.05, 3.63) is 77.9 Å². The predicted molar refractivity (Wildman–Crippen MR) is 132 cm³/mol. The van der Waals surface area contributed by atoms with Crippen LogP contribution in [0.5, 0.6) is 0 Å². The smallest absolute Gasteiger partial charge is 0.326 e. The minimum atomic E-state index is -1.13. The Labute approximate surface area is 202 Å². The van der Waals surface area contributed by atoms with E-state index in [1.54, 1.807) is 36.4 Å². The summed E-state index contributed by atoms with van der Waals surface area (Å²) in [6, 6.07) is 18.5. The van der Waals surface area contributed by atoms with Gasteiger partial charge in [-0.05, 0) is 54.8 Å². The zero-order chi connectivity index (χ0) is 24.4. The Kier molecular flexibility index (Phi) is 6.70. The van der Waals surface area contributed by atoms with Crippen LogP contribution in [0.25, 0.3) is 10.8 Å². The monoisotopic (exact) mass is 476 g/mol. The molecule has 2 atom stereocenters. The molecule has 0 aromatic heterocycles. The van der Waals surface area contributed by atoms with Gasteiger partial charge in [0.2, 0.25) is 5.91 Å². The quantitative estimate of drug-likeness (QED) is 0.378. The van der Waals surface area contributed by atoms with Crippen LogP contribution in [0.4, 0.5) is 5.69 Å². The maximum atomic E-state index is 13.3. The highest BCUT2D eigenvalue weighted by molar-refractivity contribution is 7.81. The second-order valence-corrected chi connectivity index (χ2v) is 8.84. The van der Waals surface area contributed by atoms with Crippen LogP contribution in [0.1, 0.15) is 40.5 Å². The highest BCUT2D eigenvalue weighted by Gasteiger charge is 2.35. The number of thiol groups is 1. The third-order valence-corrected chi connectivity index (χ3v) is 6.49. The molecule has 1 aliphatic heterocycles. The fourth-order valence-electron chi connectivity index (χ4n) is 4.15. The highest BCUT2D eigenvalue weighted by Crippen LogP contribution is 2.27. The summed E-state index contributed by atoms with van der Waals surface area (Å²) in [5.41, 5.74) is 1.23. The number of fused-ring (bicyclic) bond motifs is 2. The number of hydrogen-bond acceptors (Lipinski definition) is 5. The topological polar surface area (TPSA) is 95.0 Å². The lowest BCUT2D eigenvalue weighted by atomic mass is 10.1. The Balaban J connectivity index is 1.47. The lowest BCUT2D eigenvalue weighted by molar-refractivity contribution is -0.139. The van der Waals surface area contributed by atoms with Gasteiger partial charge in [-0.2, -0.15) is 12.6 Å². The van der Waals surface area contributed by atoms with Gasteiger partial charge in [0.1, 0.15) is 6.04 Å². The molecule has 0 unspecified atom stereocenters. The number of rotatable bonds is 8. The minimum Gasteiger partial charge on any atom is -0.480 e. The van der Waals surface area contributed by atoms with Crippen molar-refractivity contribution in [1.29, 1.82) is 0 Å². The van der Waals surface area contributed by atoms with Crippen LogP contribution in [0.2, 0.25) is 0 Å². The summed E-state index contributed by atoms with van der Waals surface area (Å²) in [6.45, 7) is 1.61. The van der Waals surface area contributed by atoms with Crippen molar-refractivity contribution in [2.75, 3.05) is 11.4 Å². The molecule has 174 valence electrons. The maximum absolute atomic E-state index is 13.3. The third kappa shape index (κ3) is 4.41. The van der Waals surface area contributed by atoms with Gasteiger partial charge in [-0.15, -0.1) is 0 Å². The van der Waals surface area contributed by atoms with E-state index in [1.807, 2.05) is 30.3 Å². The fraction of sp³-hybridized carbons (Fsp3) is 0.231. The van der Waals surface area contributed by atoms with Gasteiger partial charge in [-0.25, -0.2) is 4.79 Å². The van der Waals surface area contributed by atoms with E-state index in [-0.39, 0.29) is 24.8 Å². The first-order chi connectivity index (χ1) is 16.3. The van der Waals surface area contributed by atoms with Gasteiger partial charge >= 0.3 is 5.97 Å². The molecule has 0 bridgehead atoms. The van der Waals surface area contributed by atoms with Crippen LogP contribution in [-0.4, -0.2) is 51.5 Å². The van der Waals surface area contributed by atoms with Gasteiger partial charge in [-0.1, -0.05) is 42.5 Å². The minimum absolute atomic E-state index is 0.154. The standard InChI is InChI=1S/C26H24N2O5S/c1-16(26(32)33)28(19-13-12-17-7-2-3-8-18(17)15-19)25(31)22(34)11-6-14-27-23(29)20-9-4-5-10-21(20)24(27)30/h2-5,7-10,12-13,15-16,22,34H,6,11,14H2,1H3,(H,32,33)/t16-,22-/m0/s1. The number of carboxylic acids is 1. The Morgan fingerprint density at radius 1 is 0.941 bits per heavy atom. The molecule has 0 spiro atoms. The maximum Gasteiger partial charge on any atom is 0.326 e. The average molecular weight is 477 g/mol. The van der Waals surface area contributed by atoms with E-state index in [0.29, 0.717) is 23.2 Å². The Hall–Kier alpha value is -3.65. The van der Waals surface area contributed by atoms with E-state index < -0.39 is 23.2 Å². The summed E-state index contributed by atoms with van der Waals surface area (Å²) in [5.74, 6) is -2.27. The number of anilines is 1. The van der Waals surface area contributed by atoms with Crippen LogP contribution < -0.4 is 4.90 Å². The van der Waals surface area contributed by atoms with Crippen LogP contribution >= 0.6 is 12.6 Å². The lowest BCUT2D eigenvalue weighted by Crippen LogP contribution is -2.47. The van der Waals surface area contributed by atoms with Gasteiger partial charge in [0.05, 0.1) is 16.4 Å². The molecule has 0 aliphatic carbocycles. The first kappa shape index (κ1) is 23.5. The Morgan fingerprint density at radius 3 is 2.15 bits per heavy atom. The zero-order valence-electron chi connectivity index (χ0n) is 18.5. The first-order valence-corrected chi connectivity index (χ1v) is 11.5. The Bertz CT molecular complexity index is 1260. The number of carboxylic acid groups (broad SMARTS) is 1. The number of nitrogens with zero attached hydrogens (tertiary/aromatic N) is 2. The first-order valence-electron chi connectivity index (χ1n) is 11.0. The van der Waals surface area contributed by atoms with Crippen molar-refractivity contribution in [3.8, 4) is 0 Å². The molecule has 0 saturated heterocycles. The molecule has 3 aromatic rings. The van der Waals surface area contributed by atoms with Crippen molar-refractivity contribution in [2.24, 2.45) is 0 Å². The molecule has 7 nitrogen and oxygen atoms in total. The molecule has 4 rings (SSSR count). The zero-order valence-corrected chi connectivity index (χ0v) is 19.4. The molecule has 3 amide bonds. The summed E-state index contributed by atoms with van der Waals surface area (Å²) >= 11 is 4.45. The van der Waals surface area contributed by atoms with Crippen molar-refractivity contribution >= 4 is 52.8 Å². The predicted octanol–water partition coefficient (Wildman–Crippen LogP) is 4.02. The molecule has 1 N–H and O–H groups in total. The van der Waals surface area contributed by atoms with Crippen LogP contribution in [-0.2, 0) is 9.59 Å². The van der Waals surface area contributed by atoms with E-state index in [2.05, 4.69) is 12.6 Å². The number of aliphatic carboxylic acids is 1. The number of amides is 3. The molecule has 0 radical (unpaired) electrons. The van der Waals surface area contributed by atoms with Gasteiger partial charge in [0.15, 0.2) is 0 Å². The normalized spacial score (nSPS) is 14.7. The van der Waals surface area contributed by atoms with Crippen molar-refractivity contribution in [3.63, 3.8) is 0 Å². The van der Waals surface area contributed by atoms with E-state index in [4.69, 9.17) is 0 Å². The van der Waals surface area contributed by atoms with Gasteiger partial charge in [0, 0.05) is 12.2 Å². The van der Waals surface area contributed by atoms with E-state index in [0.717, 1.165) is 10.8 Å². The summed E-state index contributed by atoms with van der Waals surface area (Å²) in [5, 5.41) is 10.7. The number of benzene rings is 3. The molecule has 0 fully saturated rings. The summed E-state index contributed by atoms with van der Waals surface area (Å²) in [4.78, 5) is 52.5. The third-order valence-electron chi connectivity index (χ3n) is 6.02. The van der Waals surface area contributed by atoms with Crippen molar-refractivity contribution in [2.45, 2.75) is 31.1 Å². The van der Waals surface area contributed by atoms with Crippen LogP contribution in [0.15, 0.2) is 66.7 Å². The molecular weight excluding hydrogens is 452 g/mol. The summed E-state index contributed by atoms with van der Waals surface area (Å²) < 4.78 is 0. The number of carbonyl (C=O) groups excluding carboxylic acids is 3. The van der Waals surface area contributed by atoms with Crippen LogP contribution in [0.3, 0.4) is 0 Å². The van der Waals surface area contributed by atoms with E-state index >= 15 is 0 Å². The van der Waals surface area contributed by atoms with Gasteiger partial charge in [-0.3, -0.25) is 24.2 Å². The average Bonchev–Trinajstić information content (AvgIpc) is 3.08. The second-order valence-electron chi connectivity index (χ2n) is 8.22. The molecule has 3 aromatic carbocycles. The number of imide groups is 1. The highest BCUT2D eigenvalue weighted by atomic mass is 32.1. The largest absolute Gasteiger partial charge is 0.480 e. The fourth-order valence-corrected chi connectivity index (χ4v) is 4.45. The molecule has 1 aliphatic rings. The lowest BCUT2D eigenvalue weighted by Gasteiger charge is -2.29. The molecule has 34 heavy (non-hydrogen) atoms. The molecule has 0 saturated carbocycles. The molecular formula is C26H24N2O5S. The molecule has 8 heteroatoms. The van der Waals surface area contributed by atoms with Crippen molar-refractivity contribution in [1.82, 2.24) is 4.90 Å². The van der Waals surface area contributed by atoms with Crippen molar-refractivity contribution < 1.29 is 24.3 Å². The Morgan fingerprint density at radius 2 is 1.53 bits per heavy atom. The van der Waals surface area contributed by atoms with E-state index in [1.165, 1.54) is 16.7 Å².